The molecule has 220 valence electrons. The highest BCUT2D eigenvalue weighted by Crippen LogP contribution is 2.52. The molecule has 7 rings (SSSR count). The van der Waals surface area contributed by atoms with E-state index in [4.69, 9.17) is 0 Å². The lowest BCUT2D eigenvalue weighted by molar-refractivity contribution is -0.136. The van der Waals surface area contributed by atoms with Crippen LogP contribution in [0, 0.1) is 5.92 Å². The molecule has 3 aromatic heterocycles. The number of alkyl halides is 3. The van der Waals surface area contributed by atoms with Crippen molar-refractivity contribution in [2.24, 2.45) is 13.0 Å². The maximum Gasteiger partial charge on any atom is 0.419 e. The van der Waals surface area contributed by atoms with E-state index in [0.29, 0.717) is 23.6 Å². The molecule has 8 nitrogen and oxygen atoms in total. The Morgan fingerprint density at radius 3 is 2.55 bits per heavy atom. The van der Waals surface area contributed by atoms with Gasteiger partial charge < -0.3 is 4.57 Å². The third kappa shape index (κ3) is 4.36. The van der Waals surface area contributed by atoms with Gasteiger partial charge in [-0.1, -0.05) is 25.1 Å². The van der Waals surface area contributed by atoms with E-state index in [2.05, 4.69) is 39.0 Å². The molecule has 2 aliphatic carbocycles. The van der Waals surface area contributed by atoms with Crippen LogP contribution in [0.3, 0.4) is 0 Å². The molecule has 4 heterocycles. The van der Waals surface area contributed by atoms with Crippen LogP contribution in [0.5, 0.6) is 0 Å². The Balaban J connectivity index is 1.30. The SMILES string of the molecule is CC1CC(c2cccc(-c3cnc4c(C(F)(F)F)cc(CN5CCN(C)C6(CC6)C5)cn4c3=O)c2)(c2nncn2C)C1. The molecule has 4 aromatic rings. The van der Waals surface area contributed by atoms with Gasteiger partial charge in [-0.25, -0.2) is 4.98 Å². The fraction of sp³-hybridized carbons (Fsp3) is 0.484. The zero-order chi connectivity index (χ0) is 29.4. The molecule has 2 saturated carbocycles. The van der Waals surface area contributed by atoms with Crippen molar-refractivity contribution in [1.82, 2.24) is 33.9 Å². The van der Waals surface area contributed by atoms with Crippen LogP contribution in [-0.4, -0.2) is 66.2 Å². The number of aromatic nitrogens is 5. The summed E-state index contributed by atoms with van der Waals surface area (Å²) >= 11 is 0. The molecule has 0 unspecified atom stereocenters. The summed E-state index contributed by atoms with van der Waals surface area (Å²) in [6.45, 7) is 4.99. The summed E-state index contributed by atoms with van der Waals surface area (Å²) in [4.78, 5) is 22.7. The number of likely N-dealkylation sites (N-methyl/N-ethyl adjacent to an activating group) is 1. The number of halogens is 3. The number of fused-ring (bicyclic) bond motifs is 1. The molecule has 1 aromatic carbocycles. The minimum Gasteiger partial charge on any atom is -0.320 e. The summed E-state index contributed by atoms with van der Waals surface area (Å²) in [7, 11) is 4.04. The van der Waals surface area contributed by atoms with Crippen LogP contribution < -0.4 is 5.56 Å². The zero-order valence-corrected chi connectivity index (χ0v) is 24.0. The van der Waals surface area contributed by atoms with Gasteiger partial charge in [-0.05, 0) is 67.5 Å². The number of aryl methyl sites for hydroxylation is 1. The highest BCUT2D eigenvalue weighted by molar-refractivity contribution is 5.66. The number of hydrogen-bond donors (Lipinski definition) is 0. The smallest absolute Gasteiger partial charge is 0.320 e. The number of pyridine rings is 1. The van der Waals surface area contributed by atoms with E-state index in [-0.39, 0.29) is 22.2 Å². The minimum absolute atomic E-state index is 0.138. The molecular weight excluding hydrogens is 543 g/mol. The van der Waals surface area contributed by atoms with Gasteiger partial charge in [0.1, 0.15) is 12.2 Å². The molecule has 0 atom stereocenters. The molecule has 3 aliphatic rings. The molecular formula is C31H34F3N7O. The van der Waals surface area contributed by atoms with Crippen molar-refractivity contribution in [2.75, 3.05) is 26.7 Å². The maximum absolute atomic E-state index is 14.3. The second-order valence-corrected chi connectivity index (χ2v) is 12.7. The minimum atomic E-state index is -4.65. The number of benzene rings is 1. The van der Waals surface area contributed by atoms with Gasteiger partial charge >= 0.3 is 6.18 Å². The Hall–Kier alpha value is -3.57. The highest BCUT2D eigenvalue weighted by Gasteiger charge is 2.50. The first-order valence-electron chi connectivity index (χ1n) is 14.5. The molecule has 1 saturated heterocycles. The van der Waals surface area contributed by atoms with Gasteiger partial charge in [-0.2, -0.15) is 13.2 Å². The van der Waals surface area contributed by atoms with E-state index >= 15 is 0 Å². The van der Waals surface area contributed by atoms with Crippen LogP contribution >= 0.6 is 0 Å². The fourth-order valence-corrected chi connectivity index (χ4v) is 7.33. The van der Waals surface area contributed by atoms with Gasteiger partial charge in [0.2, 0.25) is 0 Å². The van der Waals surface area contributed by atoms with Crippen LogP contribution in [0.25, 0.3) is 16.8 Å². The van der Waals surface area contributed by atoms with Crippen LogP contribution in [0.4, 0.5) is 13.2 Å². The summed E-state index contributed by atoms with van der Waals surface area (Å²) in [6.07, 6.45) is 3.86. The third-order valence-electron chi connectivity index (χ3n) is 9.74. The van der Waals surface area contributed by atoms with E-state index < -0.39 is 17.3 Å². The quantitative estimate of drug-likeness (QED) is 0.348. The van der Waals surface area contributed by atoms with Crippen LogP contribution in [0.2, 0.25) is 0 Å². The van der Waals surface area contributed by atoms with Gasteiger partial charge in [0.15, 0.2) is 5.65 Å². The third-order valence-corrected chi connectivity index (χ3v) is 9.74. The summed E-state index contributed by atoms with van der Waals surface area (Å²) in [5.41, 5.74) is 0.358. The summed E-state index contributed by atoms with van der Waals surface area (Å²) in [6, 6.07) is 8.84. The normalized spacial score (nSPS) is 24.3. The predicted molar refractivity (Wildman–Crippen MR) is 152 cm³/mol. The summed E-state index contributed by atoms with van der Waals surface area (Å²) < 4.78 is 45.8. The number of rotatable bonds is 5. The Morgan fingerprint density at radius 2 is 1.88 bits per heavy atom. The Morgan fingerprint density at radius 1 is 1.10 bits per heavy atom. The summed E-state index contributed by atoms with van der Waals surface area (Å²) in [5.74, 6) is 1.37. The van der Waals surface area contributed by atoms with Gasteiger partial charge in [0.05, 0.1) is 16.5 Å². The van der Waals surface area contributed by atoms with Crippen LogP contribution in [0.15, 0.2) is 53.8 Å². The monoisotopic (exact) mass is 577 g/mol. The molecule has 3 fully saturated rings. The lowest BCUT2D eigenvalue weighted by Crippen LogP contribution is -2.52. The van der Waals surface area contributed by atoms with E-state index in [1.54, 1.807) is 12.5 Å². The van der Waals surface area contributed by atoms with Crippen molar-refractivity contribution in [1.29, 1.82) is 0 Å². The largest absolute Gasteiger partial charge is 0.419 e. The van der Waals surface area contributed by atoms with Gasteiger partial charge in [-0.3, -0.25) is 19.0 Å². The van der Waals surface area contributed by atoms with Gasteiger partial charge in [0, 0.05) is 51.2 Å². The molecule has 0 amide bonds. The second kappa shape index (κ2) is 9.47. The molecule has 0 radical (unpaired) electrons. The first-order valence-corrected chi connectivity index (χ1v) is 14.5. The lowest BCUT2D eigenvalue weighted by atomic mass is 9.58. The Kier molecular flexibility index (Phi) is 6.15. The second-order valence-electron chi connectivity index (χ2n) is 12.7. The van der Waals surface area contributed by atoms with Crippen molar-refractivity contribution in [3.8, 4) is 11.1 Å². The van der Waals surface area contributed by atoms with Gasteiger partial charge in [0.25, 0.3) is 5.56 Å². The molecule has 1 aliphatic heterocycles. The molecule has 11 heteroatoms. The lowest BCUT2D eigenvalue weighted by Gasteiger charge is -2.46. The number of nitrogens with zero attached hydrogens (tertiary/aromatic N) is 7. The van der Waals surface area contributed by atoms with E-state index in [1.165, 1.54) is 6.20 Å². The van der Waals surface area contributed by atoms with Crippen molar-refractivity contribution in [3.05, 3.63) is 81.9 Å². The fourth-order valence-electron chi connectivity index (χ4n) is 7.33. The highest BCUT2D eigenvalue weighted by atomic mass is 19.4. The number of hydrogen-bond acceptors (Lipinski definition) is 6. The molecule has 0 bridgehead atoms. The molecule has 0 N–H and O–H groups in total. The van der Waals surface area contributed by atoms with E-state index in [1.807, 2.05) is 35.9 Å². The predicted octanol–water partition coefficient (Wildman–Crippen LogP) is 4.50. The standard InChI is InChI=1S/C31H34F3N7O/c1-20-13-30(14-20,28-37-36-19-38(28)2)23-6-4-5-22(12-23)24-15-35-26-25(31(32,33)34)11-21(17-41(26)27(24)42)16-40-10-9-39(3)29(18-40)7-8-29/h4-6,11-12,15,17,19-20H,7-10,13-14,16,18H2,1-3H3. The van der Waals surface area contributed by atoms with Crippen molar-refractivity contribution < 1.29 is 13.2 Å². The first-order chi connectivity index (χ1) is 20.0. The Labute approximate surface area is 241 Å². The number of piperazine rings is 1. The molecule has 1 spiro atoms. The van der Waals surface area contributed by atoms with Gasteiger partial charge in [-0.15, -0.1) is 10.2 Å². The molecule has 42 heavy (non-hydrogen) atoms. The average molecular weight is 578 g/mol. The van der Waals surface area contributed by atoms with Crippen molar-refractivity contribution >= 4 is 5.65 Å². The van der Waals surface area contributed by atoms with Crippen LogP contribution in [0.1, 0.15) is 55.1 Å². The van der Waals surface area contributed by atoms with Crippen molar-refractivity contribution in [2.45, 2.75) is 56.3 Å². The van der Waals surface area contributed by atoms with Crippen molar-refractivity contribution in [3.63, 3.8) is 0 Å². The average Bonchev–Trinajstić information content (AvgIpc) is 3.58. The van der Waals surface area contributed by atoms with E-state index in [9.17, 15) is 18.0 Å². The maximum atomic E-state index is 14.3. The topological polar surface area (TPSA) is 71.6 Å². The Bertz CT molecular complexity index is 1730. The summed E-state index contributed by atoms with van der Waals surface area (Å²) in [5, 5.41) is 8.50. The first kappa shape index (κ1) is 27.3. The van der Waals surface area contributed by atoms with Crippen LogP contribution in [-0.2, 0) is 25.2 Å². The zero-order valence-electron chi connectivity index (χ0n) is 24.0. The van der Waals surface area contributed by atoms with E-state index in [0.717, 1.165) is 67.2 Å².